The van der Waals surface area contributed by atoms with Gasteiger partial charge in [-0.05, 0) is 23.6 Å². The minimum Gasteiger partial charge on any atom is -0.392 e. The van der Waals surface area contributed by atoms with Gasteiger partial charge in [0.25, 0.3) is 0 Å². The van der Waals surface area contributed by atoms with Crippen LogP contribution in [0.4, 0.5) is 0 Å². The first-order chi connectivity index (χ1) is 6.72. The summed E-state index contributed by atoms with van der Waals surface area (Å²) < 4.78 is 0. The summed E-state index contributed by atoms with van der Waals surface area (Å²) in [5, 5.41) is 8.83. The van der Waals surface area contributed by atoms with Crippen molar-refractivity contribution in [2.45, 2.75) is 13.0 Å². The first kappa shape index (κ1) is 10.2. The number of primary amides is 1. The van der Waals surface area contributed by atoms with Crippen LogP contribution in [-0.4, -0.2) is 16.0 Å². The highest BCUT2D eigenvalue weighted by atomic mass is 16.3. The van der Waals surface area contributed by atoms with E-state index in [1.807, 2.05) is 0 Å². The topological polar surface area (TPSA) is 76.2 Å². The molecule has 72 valence electrons. The molecule has 1 aromatic heterocycles. The van der Waals surface area contributed by atoms with Crippen LogP contribution in [0.1, 0.15) is 17.7 Å². The average molecular weight is 190 g/mol. The number of aliphatic hydroxyl groups is 1. The lowest BCUT2D eigenvalue weighted by Gasteiger charge is -1.94. The second kappa shape index (κ2) is 5.00. The summed E-state index contributed by atoms with van der Waals surface area (Å²) in [7, 11) is 0. The van der Waals surface area contributed by atoms with Gasteiger partial charge in [-0.25, -0.2) is 4.98 Å². The lowest BCUT2D eigenvalue weighted by atomic mass is 10.2. The molecule has 0 radical (unpaired) electrons. The number of nitrogens with two attached hydrogens (primary N) is 1. The monoisotopic (exact) mass is 190 g/mol. The third-order valence-electron chi connectivity index (χ3n) is 1.49. The largest absolute Gasteiger partial charge is 0.392 e. The number of aliphatic hydroxyl groups excluding tert-OH is 1. The van der Waals surface area contributed by atoms with Gasteiger partial charge in [-0.3, -0.25) is 4.79 Å². The molecular formula is C10H10N2O2. The van der Waals surface area contributed by atoms with E-state index in [1.54, 1.807) is 18.3 Å². The molecule has 0 aliphatic carbocycles. The summed E-state index contributed by atoms with van der Waals surface area (Å²) in [5.74, 6) is 4.80. The Morgan fingerprint density at radius 2 is 2.43 bits per heavy atom. The first-order valence-electron chi connectivity index (χ1n) is 4.05. The lowest BCUT2D eigenvalue weighted by Crippen LogP contribution is -2.08. The number of hydrogen-bond acceptors (Lipinski definition) is 3. The van der Waals surface area contributed by atoms with Crippen molar-refractivity contribution in [3.63, 3.8) is 0 Å². The molecule has 0 bridgehead atoms. The molecule has 0 fully saturated rings. The minimum atomic E-state index is -0.462. The maximum atomic E-state index is 10.4. The fraction of sp³-hybridized carbons (Fsp3) is 0.200. The van der Waals surface area contributed by atoms with E-state index in [9.17, 15) is 4.79 Å². The third-order valence-corrected chi connectivity index (χ3v) is 1.49. The molecule has 1 aromatic rings. The summed E-state index contributed by atoms with van der Waals surface area (Å²) >= 11 is 0. The molecule has 0 saturated carbocycles. The van der Waals surface area contributed by atoms with Crippen molar-refractivity contribution >= 4 is 5.91 Å². The Balaban J connectivity index is 2.74. The molecule has 0 aliphatic rings. The molecule has 4 nitrogen and oxygen atoms in total. The van der Waals surface area contributed by atoms with E-state index in [2.05, 4.69) is 16.8 Å². The minimum absolute atomic E-state index is 0.0189. The number of pyridine rings is 1. The van der Waals surface area contributed by atoms with Crippen LogP contribution in [-0.2, 0) is 11.4 Å². The summed E-state index contributed by atoms with van der Waals surface area (Å²) in [4.78, 5) is 14.3. The van der Waals surface area contributed by atoms with Gasteiger partial charge < -0.3 is 10.8 Å². The normalized spacial score (nSPS) is 8.93. The highest BCUT2D eigenvalue weighted by Crippen LogP contribution is 1.99. The van der Waals surface area contributed by atoms with E-state index in [4.69, 9.17) is 10.8 Å². The van der Waals surface area contributed by atoms with Gasteiger partial charge in [-0.2, -0.15) is 0 Å². The Labute approximate surface area is 81.8 Å². The quantitative estimate of drug-likeness (QED) is 0.634. The lowest BCUT2D eigenvalue weighted by molar-refractivity contribution is -0.117. The van der Waals surface area contributed by atoms with E-state index in [1.165, 1.54) is 0 Å². The number of rotatable bonds is 2. The predicted molar refractivity (Wildman–Crippen MR) is 50.8 cm³/mol. The highest BCUT2D eigenvalue weighted by Gasteiger charge is 1.92. The van der Waals surface area contributed by atoms with Gasteiger partial charge >= 0.3 is 0 Å². The van der Waals surface area contributed by atoms with Crippen LogP contribution in [0.2, 0.25) is 0 Å². The van der Waals surface area contributed by atoms with E-state index in [0.717, 1.165) is 5.56 Å². The highest BCUT2D eigenvalue weighted by molar-refractivity contribution is 5.76. The standard InChI is InChI=1S/C10H10N2O2/c11-10(14)3-1-2-9-6-8(7-13)4-5-12-9/h4-6,13H,3,7H2,(H2,11,14). The Morgan fingerprint density at radius 3 is 3.07 bits per heavy atom. The zero-order valence-corrected chi connectivity index (χ0v) is 7.53. The van der Waals surface area contributed by atoms with Crippen LogP contribution < -0.4 is 5.73 Å². The Bertz CT molecular complexity index is 391. The summed E-state index contributed by atoms with van der Waals surface area (Å²) in [6, 6.07) is 3.35. The van der Waals surface area contributed by atoms with Crippen molar-refractivity contribution in [2.75, 3.05) is 0 Å². The molecule has 1 rings (SSSR count). The summed E-state index contributed by atoms with van der Waals surface area (Å²) in [6.07, 6.45) is 1.57. The van der Waals surface area contributed by atoms with Crippen molar-refractivity contribution in [1.29, 1.82) is 0 Å². The SMILES string of the molecule is NC(=O)CC#Cc1cc(CO)ccn1. The number of carbonyl (C=O) groups excluding carboxylic acids is 1. The van der Waals surface area contributed by atoms with E-state index < -0.39 is 5.91 Å². The molecule has 1 amide bonds. The van der Waals surface area contributed by atoms with Crippen LogP contribution in [0.25, 0.3) is 0 Å². The molecule has 1 heterocycles. The van der Waals surface area contributed by atoms with Gasteiger partial charge in [-0.1, -0.05) is 5.92 Å². The zero-order chi connectivity index (χ0) is 10.4. The number of hydrogen-bond donors (Lipinski definition) is 2. The maximum absolute atomic E-state index is 10.4. The van der Waals surface area contributed by atoms with Gasteiger partial charge in [0.2, 0.25) is 5.91 Å². The van der Waals surface area contributed by atoms with Gasteiger partial charge in [0.15, 0.2) is 0 Å². The molecule has 0 unspecified atom stereocenters. The molecule has 4 heteroatoms. The Kier molecular flexibility index (Phi) is 3.65. The average Bonchev–Trinajstić information content (AvgIpc) is 2.18. The fourth-order valence-corrected chi connectivity index (χ4v) is 0.863. The molecule has 0 spiro atoms. The fourth-order valence-electron chi connectivity index (χ4n) is 0.863. The molecule has 3 N–H and O–H groups in total. The van der Waals surface area contributed by atoms with E-state index in [-0.39, 0.29) is 13.0 Å². The second-order valence-electron chi connectivity index (χ2n) is 2.65. The predicted octanol–water partition coefficient (Wildman–Crippen LogP) is -0.199. The van der Waals surface area contributed by atoms with Gasteiger partial charge in [0.05, 0.1) is 13.0 Å². The van der Waals surface area contributed by atoms with Gasteiger partial charge in [0, 0.05) is 6.20 Å². The zero-order valence-electron chi connectivity index (χ0n) is 7.53. The van der Waals surface area contributed by atoms with Crippen LogP contribution in [0, 0.1) is 11.8 Å². The second-order valence-corrected chi connectivity index (χ2v) is 2.65. The third kappa shape index (κ3) is 3.25. The van der Waals surface area contributed by atoms with E-state index >= 15 is 0 Å². The van der Waals surface area contributed by atoms with E-state index in [0.29, 0.717) is 5.69 Å². The van der Waals surface area contributed by atoms with Crippen LogP contribution >= 0.6 is 0 Å². The van der Waals surface area contributed by atoms with Crippen LogP contribution in [0.15, 0.2) is 18.3 Å². The van der Waals surface area contributed by atoms with Crippen molar-refractivity contribution < 1.29 is 9.90 Å². The van der Waals surface area contributed by atoms with Crippen LogP contribution in [0.3, 0.4) is 0 Å². The molecule has 0 atom stereocenters. The van der Waals surface area contributed by atoms with Gasteiger partial charge in [0.1, 0.15) is 5.69 Å². The van der Waals surface area contributed by atoms with Gasteiger partial charge in [-0.15, -0.1) is 0 Å². The Morgan fingerprint density at radius 1 is 1.64 bits per heavy atom. The van der Waals surface area contributed by atoms with Crippen molar-refractivity contribution in [3.05, 3.63) is 29.6 Å². The number of amides is 1. The molecule has 0 saturated heterocycles. The summed E-state index contributed by atoms with van der Waals surface area (Å²) in [5.41, 5.74) is 6.18. The van der Waals surface area contributed by atoms with Crippen molar-refractivity contribution in [2.24, 2.45) is 5.73 Å². The number of aromatic nitrogens is 1. The smallest absolute Gasteiger partial charge is 0.229 e. The van der Waals surface area contributed by atoms with Crippen molar-refractivity contribution in [1.82, 2.24) is 4.98 Å². The molecular weight excluding hydrogens is 180 g/mol. The van der Waals surface area contributed by atoms with Crippen molar-refractivity contribution in [3.8, 4) is 11.8 Å². The maximum Gasteiger partial charge on any atom is 0.229 e. The summed E-state index contributed by atoms with van der Waals surface area (Å²) in [6.45, 7) is -0.0486. The Hall–Kier alpha value is -1.86. The molecule has 0 aliphatic heterocycles. The molecule has 0 aromatic carbocycles. The number of carbonyl (C=O) groups is 1. The number of nitrogens with zero attached hydrogens (tertiary/aromatic N) is 1. The molecule has 14 heavy (non-hydrogen) atoms. The van der Waals surface area contributed by atoms with Crippen LogP contribution in [0.5, 0.6) is 0 Å². The first-order valence-corrected chi connectivity index (χ1v) is 4.05.